The Balaban J connectivity index is 1.86. The van der Waals surface area contributed by atoms with Crippen LogP contribution in [0, 0.1) is 0 Å². The van der Waals surface area contributed by atoms with E-state index in [1.807, 2.05) is 24.3 Å². The molecule has 0 saturated heterocycles. The van der Waals surface area contributed by atoms with Gasteiger partial charge in [-0.05, 0) is 35.9 Å². The summed E-state index contributed by atoms with van der Waals surface area (Å²) in [6, 6.07) is 13.1. The van der Waals surface area contributed by atoms with E-state index in [4.69, 9.17) is 21.9 Å². The number of benzene rings is 2. The Bertz CT molecular complexity index is 768. The fourth-order valence-electron chi connectivity index (χ4n) is 2.01. The minimum Gasteiger partial charge on any atom is -0.399 e. The first-order chi connectivity index (χ1) is 10.1. The third kappa shape index (κ3) is 3.43. The molecule has 0 atom stereocenters. The van der Waals surface area contributed by atoms with Gasteiger partial charge in [-0.3, -0.25) is 0 Å². The summed E-state index contributed by atoms with van der Waals surface area (Å²) in [7, 11) is 0. The van der Waals surface area contributed by atoms with Gasteiger partial charge in [0.25, 0.3) is 5.89 Å². The first-order valence-electron chi connectivity index (χ1n) is 6.23. The second-order valence-corrected chi connectivity index (χ2v) is 5.95. The Hall–Kier alpha value is -1.85. The predicted octanol–water partition coefficient (Wildman–Crippen LogP) is 4.33. The van der Waals surface area contributed by atoms with E-state index < -0.39 is 0 Å². The summed E-state index contributed by atoms with van der Waals surface area (Å²) in [5.74, 6) is 1.02. The van der Waals surface area contributed by atoms with Crippen molar-refractivity contribution in [2.45, 2.75) is 6.42 Å². The molecule has 0 unspecified atom stereocenters. The highest BCUT2D eigenvalue weighted by Crippen LogP contribution is 2.25. The van der Waals surface area contributed by atoms with Crippen molar-refractivity contribution >= 4 is 33.2 Å². The molecule has 0 radical (unpaired) electrons. The van der Waals surface area contributed by atoms with Gasteiger partial charge in [-0.15, -0.1) is 0 Å². The van der Waals surface area contributed by atoms with Gasteiger partial charge in [0.1, 0.15) is 0 Å². The molecule has 0 fully saturated rings. The number of aromatic nitrogens is 2. The molecule has 1 heterocycles. The SMILES string of the molecule is Nc1cc(Cl)cc(-c2nc(Cc3cccc(Br)c3)no2)c1. The Labute approximate surface area is 135 Å². The Kier molecular flexibility index (Phi) is 3.94. The van der Waals surface area contributed by atoms with Crippen LogP contribution in [0.4, 0.5) is 5.69 Å². The van der Waals surface area contributed by atoms with Crippen molar-refractivity contribution in [2.75, 3.05) is 5.73 Å². The van der Waals surface area contributed by atoms with Crippen LogP contribution in [0.3, 0.4) is 0 Å². The maximum atomic E-state index is 5.98. The fourth-order valence-corrected chi connectivity index (χ4v) is 2.70. The molecule has 1 aromatic heterocycles. The lowest BCUT2D eigenvalue weighted by atomic mass is 10.1. The Morgan fingerprint density at radius 1 is 1.19 bits per heavy atom. The lowest BCUT2D eigenvalue weighted by Gasteiger charge is -1.98. The molecule has 0 bridgehead atoms. The van der Waals surface area contributed by atoms with Crippen molar-refractivity contribution in [2.24, 2.45) is 0 Å². The monoisotopic (exact) mass is 363 g/mol. The highest BCUT2D eigenvalue weighted by Gasteiger charge is 2.11. The van der Waals surface area contributed by atoms with Crippen LogP contribution in [0.25, 0.3) is 11.5 Å². The fraction of sp³-hybridized carbons (Fsp3) is 0.0667. The van der Waals surface area contributed by atoms with Crippen LogP contribution in [-0.4, -0.2) is 10.1 Å². The van der Waals surface area contributed by atoms with E-state index in [-0.39, 0.29) is 0 Å². The number of nitrogens with two attached hydrogens (primary N) is 1. The molecule has 0 aliphatic rings. The maximum Gasteiger partial charge on any atom is 0.258 e. The average Bonchev–Trinajstić information content (AvgIpc) is 2.86. The molecule has 0 amide bonds. The summed E-state index contributed by atoms with van der Waals surface area (Å²) in [6.07, 6.45) is 0.596. The summed E-state index contributed by atoms with van der Waals surface area (Å²) in [4.78, 5) is 4.38. The van der Waals surface area contributed by atoms with Crippen LogP contribution in [0.1, 0.15) is 11.4 Å². The molecule has 0 saturated carbocycles. The van der Waals surface area contributed by atoms with Gasteiger partial charge in [0.2, 0.25) is 0 Å². The number of nitrogen functional groups attached to an aromatic ring is 1. The van der Waals surface area contributed by atoms with Crippen LogP contribution >= 0.6 is 27.5 Å². The lowest BCUT2D eigenvalue weighted by molar-refractivity contribution is 0.424. The molecule has 3 aromatic rings. The van der Waals surface area contributed by atoms with Gasteiger partial charge in [0.15, 0.2) is 5.82 Å². The molecule has 0 aliphatic heterocycles. The van der Waals surface area contributed by atoms with E-state index in [1.165, 1.54) is 0 Å². The van der Waals surface area contributed by atoms with Crippen molar-refractivity contribution in [3.8, 4) is 11.5 Å². The van der Waals surface area contributed by atoms with Crippen molar-refractivity contribution < 1.29 is 4.52 Å². The molecule has 0 spiro atoms. The smallest absolute Gasteiger partial charge is 0.258 e. The lowest BCUT2D eigenvalue weighted by Crippen LogP contribution is -1.91. The van der Waals surface area contributed by atoms with E-state index in [2.05, 4.69) is 26.1 Å². The van der Waals surface area contributed by atoms with Gasteiger partial charge in [-0.2, -0.15) is 4.98 Å². The molecule has 6 heteroatoms. The molecule has 0 aliphatic carbocycles. The van der Waals surface area contributed by atoms with Gasteiger partial charge in [0, 0.05) is 27.2 Å². The number of halogens is 2. The summed E-state index contributed by atoms with van der Waals surface area (Å²) < 4.78 is 6.30. The number of hydrogen-bond donors (Lipinski definition) is 1. The number of nitrogens with zero attached hydrogens (tertiary/aromatic N) is 2. The summed E-state index contributed by atoms with van der Waals surface area (Å²) in [5, 5.41) is 4.53. The second-order valence-electron chi connectivity index (χ2n) is 4.60. The molecule has 4 nitrogen and oxygen atoms in total. The van der Waals surface area contributed by atoms with Crippen LogP contribution in [0.2, 0.25) is 5.02 Å². The van der Waals surface area contributed by atoms with Crippen molar-refractivity contribution in [3.05, 3.63) is 63.3 Å². The number of hydrogen-bond acceptors (Lipinski definition) is 4. The first kappa shape index (κ1) is 14.1. The zero-order valence-corrected chi connectivity index (χ0v) is 13.2. The zero-order chi connectivity index (χ0) is 14.8. The van der Waals surface area contributed by atoms with Crippen LogP contribution < -0.4 is 5.73 Å². The van der Waals surface area contributed by atoms with E-state index in [9.17, 15) is 0 Å². The predicted molar refractivity (Wildman–Crippen MR) is 86.1 cm³/mol. The van der Waals surface area contributed by atoms with E-state index in [0.717, 1.165) is 10.0 Å². The highest BCUT2D eigenvalue weighted by molar-refractivity contribution is 9.10. The van der Waals surface area contributed by atoms with Gasteiger partial charge >= 0.3 is 0 Å². The molecule has 21 heavy (non-hydrogen) atoms. The normalized spacial score (nSPS) is 10.8. The highest BCUT2D eigenvalue weighted by atomic mass is 79.9. The molecular weight excluding hydrogens is 354 g/mol. The number of rotatable bonds is 3. The minimum atomic E-state index is 0.411. The molecule has 2 N–H and O–H groups in total. The largest absolute Gasteiger partial charge is 0.399 e. The van der Waals surface area contributed by atoms with Gasteiger partial charge in [0.05, 0.1) is 0 Å². The third-order valence-corrected chi connectivity index (χ3v) is 3.60. The molecule has 3 rings (SSSR count). The topological polar surface area (TPSA) is 64.9 Å². The quantitative estimate of drug-likeness (QED) is 0.703. The van der Waals surface area contributed by atoms with E-state index >= 15 is 0 Å². The van der Waals surface area contributed by atoms with Gasteiger partial charge in [-0.25, -0.2) is 0 Å². The average molecular weight is 365 g/mol. The maximum absolute atomic E-state index is 5.98. The van der Waals surface area contributed by atoms with Crippen molar-refractivity contribution in [1.82, 2.24) is 10.1 Å². The second kappa shape index (κ2) is 5.87. The van der Waals surface area contributed by atoms with Crippen LogP contribution in [0.15, 0.2) is 51.5 Å². The molecule has 106 valence electrons. The van der Waals surface area contributed by atoms with Gasteiger partial charge < -0.3 is 10.3 Å². The summed E-state index contributed by atoms with van der Waals surface area (Å²) in [5.41, 5.74) is 8.14. The molecular formula is C15H11BrClN3O. The van der Waals surface area contributed by atoms with Crippen LogP contribution in [0.5, 0.6) is 0 Å². The standard InChI is InChI=1S/C15H11BrClN3O/c16-11-3-1-2-9(4-11)5-14-19-15(21-20-14)10-6-12(17)8-13(18)7-10/h1-4,6-8H,5,18H2. The van der Waals surface area contributed by atoms with Crippen molar-refractivity contribution in [3.63, 3.8) is 0 Å². The zero-order valence-electron chi connectivity index (χ0n) is 10.9. The molecule has 2 aromatic carbocycles. The van der Waals surface area contributed by atoms with Crippen LogP contribution in [-0.2, 0) is 6.42 Å². The summed E-state index contributed by atoms with van der Waals surface area (Å²) >= 11 is 9.42. The van der Waals surface area contributed by atoms with Gasteiger partial charge in [-0.1, -0.05) is 44.8 Å². The third-order valence-electron chi connectivity index (χ3n) is 2.89. The number of anilines is 1. The van der Waals surface area contributed by atoms with E-state index in [0.29, 0.717) is 34.4 Å². The van der Waals surface area contributed by atoms with Crippen molar-refractivity contribution in [1.29, 1.82) is 0 Å². The minimum absolute atomic E-state index is 0.411. The Morgan fingerprint density at radius 3 is 2.81 bits per heavy atom. The summed E-state index contributed by atoms with van der Waals surface area (Å²) in [6.45, 7) is 0. The first-order valence-corrected chi connectivity index (χ1v) is 7.41. The van der Waals surface area contributed by atoms with E-state index in [1.54, 1.807) is 18.2 Å². The Morgan fingerprint density at radius 2 is 2.05 bits per heavy atom.